The monoisotopic (exact) mass is 691 g/mol. The van der Waals surface area contributed by atoms with Crippen molar-refractivity contribution >= 4 is 61.8 Å². The number of allylic oxidation sites excluding steroid dienone is 6. The Morgan fingerprint density at radius 2 is 1.38 bits per heavy atom. The Morgan fingerprint density at radius 1 is 0.769 bits per heavy atom. The van der Waals surface area contributed by atoms with E-state index in [0.717, 1.165) is 39.2 Å². The Morgan fingerprint density at radius 3 is 2.06 bits per heavy atom. The molecule has 7 rings (SSSR count). The summed E-state index contributed by atoms with van der Waals surface area (Å²) in [7, 11) is 0. The van der Waals surface area contributed by atoms with Crippen molar-refractivity contribution in [3.8, 4) is 0 Å². The van der Waals surface area contributed by atoms with Gasteiger partial charge in [0.25, 0.3) is 6.47 Å². The van der Waals surface area contributed by atoms with Gasteiger partial charge in [0.15, 0.2) is 12.3 Å². The van der Waals surface area contributed by atoms with Gasteiger partial charge in [-0.3, -0.25) is 9.59 Å². The van der Waals surface area contributed by atoms with E-state index in [1.165, 1.54) is 43.8 Å². The average molecular weight is 692 g/mol. The third kappa shape index (κ3) is 5.61. The van der Waals surface area contributed by atoms with E-state index in [2.05, 4.69) is 155 Å². The number of hydrogen-bond donors (Lipinski definition) is 1. The first kappa shape index (κ1) is 34.9. The SMILES string of the molecule is CC(/C=C(C)/C=C(\C)C1=[N+](CCC(=O)O)c2c(c3ccccc3c3ccccc23)C1(C)C)=C1/N(CCOC=O)c2ccc3ccccc3c2C1(C)C. The molecular weight excluding hydrogens is 645 g/mol. The minimum atomic E-state index is -0.813. The summed E-state index contributed by atoms with van der Waals surface area (Å²) < 4.78 is 7.49. The Kier molecular flexibility index (Phi) is 8.90. The third-order valence-corrected chi connectivity index (χ3v) is 11.0. The van der Waals surface area contributed by atoms with Crippen molar-refractivity contribution in [3.63, 3.8) is 0 Å². The molecule has 0 fully saturated rings. The lowest BCUT2D eigenvalue weighted by molar-refractivity contribution is -0.435. The zero-order valence-corrected chi connectivity index (χ0v) is 31.2. The van der Waals surface area contributed by atoms with Crippen molar-refractivity contribution < 1.29 is 24.0 Å². The highest BCUT2D eigenvalue weighted by Gasteiger charge is 2.49. The summed E-state index contributed by atoms with van der Waals surface area (Å²) >= 11 is 0. The molecule has 2 aliphatic rings. The van der Waals surface area contributed by atoms with Crippen molar-refractivity contribution in [2.75, 3.05) is 24.6 Å². The molecule has 0 saturated heterocycles. The maximum Gasteiger partial charge on any atom is 0.309 e. The molecule has 2 heterocycles. The molecule has 5 aromatic rings. The predicted octanol–water partition coefficient (Wildman–Crippen LogP) is 10.1. The van der Waals surface area contributed by atoms with Crippen LogP contribution < -0.4 is 4.90 Å². The first-order valence-corrected chi connectivity index (χ1v) is 18.1. The summed E-state index contributed by atoms with van der Waals surface area (Å²) in [5.74, 6) is -0.813. The van der Waals surface area contributed by atoms with Gasteiger partial charge < -0.3 is 14.7 Å². The molecule has 0 unspecified atom stereocenters. The van der Waals surface area contributed by atoms with Crippen LogP contribution >= 0.6 is 0 Å². The first-order valence-electron chi connectivity index (χ1n) is 18.1. The fourth-order valence-corrected chi connectivity index (χ4v) is 9.45. The van der Waals surface area contributed by atoms with E-state index in [-0.39, 0.29) is 18.4 Å². The standard InChI is InChI=1S/C46H46N2O4/c1-29(26-30(2)43-45(4,5)40-33-15-9-8-14-32(33)20-21-38(40)47(43)24-25-52-28-49)27-31(3)44-46(6,7)41-36-18-12-10-16-34(36)35-17-11-13-19-37(35)42(41)48(44)23-22-39(50)51/h8-21,26-28H,22-25H2,1-7H3/p+1. The summed E-state index contributed by atoms with van der Waals surface area (Å²) in [5, 5.41) is 17.0. The number of carbonyl (C=O) groups is 2. The van der Waals surface area contributed by atoms with E-state index < -0.39 is 11.4 Å². The largest absolute Gasteiger partial charge is 0.481 e. The van der Waals surface area contributed by atoms with Crippen LogP contribution in [0.3, 0.4) is 0 Å². The van der Waals surface area contributed by atoms with Gasteiger partial charge >= 0.3 is 5.97 Å². The van der Waals surface area contributed by atoms with Crippen LogP contribution in [-0.4, -0.2) is 47.5 Å². The smallest absolute Gasteiger partial charge is 0.309 e. The second kappa shape index (κ2) is 13.2. The van der Waals surface area contributed by atoms with E-state index in [9.17, 15) is 14.7 Å². The summed E-state index contributed by atoms with van der Waals surface area (Å²) in [4.78, 5) is 25.5. The van der Waals surface area contributed by atoms with Crippen LogP contribution in [0.15, 0.2) is 119 Å². The van der Waals surface area contributed by atoms with Gasteiger partial charge in [-0.1, -0.05) is 104 Å². The molecule has 0 aromatic heterocycles. The van der Waals surface area contributed by atoms with Gasteiger partial charge in [0.05, 0.1) is 17.3 Å². The number of nitrogens with zero attached hydrogens (tertiary/aromatic N) is 2. The number of anilines is 1. The number of ether oxygens (including phenoxy) is 1. The predicted molar refractivity (Wildman–Crippen MR) is 213 cm³/mol. The molecule has 52 heavy (non-hydrogen) atoms. The summed E-state index contributed by atoms with van der Waals surface area (Å²) in [5.41, 5.74) is 9.69. The molecule has 0 aliphatic carbocycles. The maximum atomic E-state index is 12.0. The van der Waals surface area contributed by atoms with Crippen molar-refractivity contribution in [2.45, 2.75) is 65.7 Å². The van der Waals surface area contributed by atoms with Crippen molar-refractivity contribution in [1.82, 2.24) is 0 Å². The maximum absolute atomic E-state index is 12.0. The molecule has 0 atom stereocenters. The fraction of sp³-hybridized carbons (Fsp3) is 0.283. The third-order valence-electron chi connectivity index (χ3n) is 11.0. The first-order chi connectivity index (χ1) is 24.9. The highest BCUT2D eigenvalue weighted by molar-refractivity contribution is 6.19. The number of hydrogen-bond acceptors (Lipinski definition) is 4. The normalized spacial score (nSPS) is 17.6. The fourth-order valence-electron chi connectivity index (χ4n) is 9.45. The Bertz CT molecular complexity index is 2420. The topological polar surface area (TPSA) is 69.8 Å². The quantitative estimate of drug-likeness (QED) is 0.0519. The Labute approximate surface area is 306 Å². The number of fused-ring (bicyclic) bond motifs is 9. The van der Waals surface area contributed by atoms with E-state index in [1.54, 1.807) is 0 Å². The summed E-state index contributed by atoms with van der Waals surface area (Å²) in [6.07, 6.45) is 4.53. The number of rotatable bonds is 10. The van der Waals surface area contributed by atoms with E-state index in [1.807, 2.05) is 0 Å². The summed E-state index contributed by atoms with van der Waals surface area (Å²) in [6.45, 7) is 17.3. The van der Waals surface area contributed by atoms with Crippen LogP contribution in [0.1, 0.15) is 66.0 Å². The van der Waals surface area contributed by atoms with E-state index >= 15 is 0 Å². The van der Waals surface area contributed by atoms with Crippen LogP contribution in [-0.2, 0) is 25.2 Å². The van der Waals surface area contributed by atoms with E-state index in [0.29, 0.717) is 19.6 Å². The van der Waals surface area contributed by atoms with E-state index in [4.69, 9.17) is 4.74 Å². The average Bonchev–Trinajstić information content (AvgIpc) is 3.50. The minimum Gasteiger partial charge on any atom is -0.481 e. The molecule has 0 radical (unpaired) electrons. The van der Waals surface area contributed by atoms with Crippen LogP contribution in [0.4, 0.5) is 11.4 Å². The van der Waals surface area contributed by atoms with Gasteiger partial charge in [0, 0.05) is 27.9 Å². The number of aliphatic carboxylic acids is 1. The lowest BCUT2D eigenvalue weighted by Gasteiger charge is -2.29. The Balaban J connectivity index is 1.38. The molecule has 1 N–H and O–H groups in total. The minimum absolute atomic E-state index is 0.0292. The number of carboxylic acids is 1. The molecule has 6 nitrogen and oxygen atoms in total. The van der Waals surface area contributed by atoms with Crippen LogP contribution in [0, 0.1) is 0 Å². The summed E-state index contributed by atoms with van der Waals surface area (Å²) in [6, 6.07) is 30.0. The molecule has 0 amide bonds. The van der Waals surface area contributed by atoms with Gasteiger partial charge in [-0.25, -0.2) is 0 Å². The molecule has 264 valence electrons. The van der Waals surface area contributed by atoms with Gasteiger partial charge in [-0.05, 0) is 84.8 Å². The lowest BCUT2D eigenvalue weighted by Crippen LogP contribution is -2.31. The lowest BCUT2D eigenvalue weighted by atomic mass is 9.76. The van der Waals surface area contributed by atoms with Gasteiger partial charge in [-0.2, -0.15) is 4.58 Å². The van der Waals surface area contributed by atoms with Crippen LogP contribution in [0.5, 0.6) is 0 Å². The van der Waals surface area contributed by atoms with Gasteiger partial charge in [-0.15, -0.1) is 0 Å². The van der Waals surface area contributed by atoms with Crippen molar-refractivity contribution in [3.05, 3.63) is 131 Å². The van der Waals surface area contributed by atoms with Gasteiger partial charge in [0.1, 0.15) is 13.0 Å². The zero-order valence-electron chi connectivity index (χ0n) is 31.2. The number of carbonyl (C=O) groups excluding carboxylic acids is 1. The zero-order chi connectivity index (χ0) is 36.9. The Hall–Kier alpha value is -5.49. The molecule has 0 saturated carbocycles. The second-order valence-electron chi connectivity index (χ2n) is 15.3. The molecule has 5 aromatic carbocycles. The van der Waals surface area contributed by atoms with Crippen LogP contribution in [0.25, 0.3) is 32.3 Å². The van der Waals surface area contributed by atoms with Gasteiger partial charge in [0.2, 0.25) is 5.69 Å². The van der Waals surface area contributed by atoms with Crippen molar-refractivity contribution in [1.29, 1.82) is 0 Å². The van der Waals surface area contributed by atoms with Crippen LogP contribution in [0.2, 0.25) is 0 Å². The van der Waals surface area contributed by atoms with Crippen molar-refractivity contribution in [2.24, 2.45) is 0 Å². The second-order valence-corrected chi connectivity index (χ2v) is 15.3. The molecule has 6 heteroatoms. The highest BCUT2D eigenvalue weighted by atomic mass is 16.5. The molecule has 0 bridgehead atoms. The molecule has 2 aliphatic heterocycles. The molecule has 0 spiro atoms. The number of benzene rings is 5. The molecular formula is C46H47N2O4+. The number of carboxylic acid groups (broad SMARTS) is 1. The highest BCUT2D eigenvalue weighted by Crippen LogP contribution is 2.52.